The lowest BCUT2D eigenvalue weighted by atomic mass is 10.0. The number of aliphatic hydroxyl groups excluding tert-OH is 1. The number of phosphoric ester groups is 1. The zero-order valence-electron chi connectivity index (χ0n) is 37.5. The number of nitrogens with zero attached hydrogens (tertiary/aromatic N) is 1. The van der Waals surface area contributed by atoms with E-state index in [-0.39, 0.29) is 19.1 Å². The number of amides is 1. The van der Waals surface area contributed by atoms with Crippen LogP contribution in [0.4, 0.5) is 0 Å². The van der Waals surface area contributed by atoms with E-state index in [2.05, 4.69) is 116 Å². The van der Waals surface area contributed by atoms with Crippen LogP contribution in [0.1, 0.15) is 155 Å². The molecule has 0 aliphatic heterocycles. The van der Waals surface area contributed by atoms with Crippen LogP contribution in [0.2, 0.25) is 0 Å². The molecule has 0 bridgehead atoms. The molecule has 0 aromatic rings. The van der Waals surface area contributed by atoms with Gasteiger partial charge in [-0.15, -0.1) is 0 Å². The third-order valence-corrected chi connectivity index (χ3v) is 10.3. The highest BCUT2D eigenvalue weighted by atomic mass is 31.2. The number of phosphoric acid groups is 1. The monoisotopic (exact) mass is 829 g/mol. The Balaban J connectivity index is 4.35. The third-order valence-electron chi connectivity index (χ3n) is 9.34. The molecule has 3 unspecified atom stereocenters. The summed E-state index contributed by atoms with van der Waals surface area (Å²) in [5, 5.41) is 13.8. The van der Waals surface area contributed by atoms with Crippen molar-refractivity contribution in [3.05, 3.63) is 97.2 Å². The third kappa shape index (κ3) is 41.6. The molecule has 0 rings (SSSR count). The highest BCUT2D eigenvalue weighted by Crippen LogP contribution is 2.38. The molecular formula is C49H85N2O6P. The normalized spacial score (nSPS) is 15.2. The van der Waals surface area contributed by atoms with Gasteiger partial charge in [-0.2, -0.15) is 0 Å². The Labute approximate surface area is 356 Å². The Bertz CT molecular complexity index is 1260. The van der Waals surface area contributed by atoms with Gasteiger partial charge < -0.3 is 28.8 Å². The lowest BCUT2D eigenvalue weighted by molar-refractivity contribution is -0.870. The molecule has 0 heterocycles. The second-order valence-corrected chi connectivity index (χ2v) is 17.4. The molecule has 0 radical (unpaired) electrons. The maximum atomic E-state index is 12.8. The SMILES string of the molecule is CC/C=C\C/C=C\C/C=C\C/C=C\C/C=C\C/C=C\C/C=C\C/C=C\CCCCC(=O)NC(COP(=O)([O-])OCC[N+](C)(C)C)C(O)CCCCCCCCCCC. The number of quaternary nitrogens is 1. The fraction of sp³-hybridized carbons (Fsp3) is 0.653. The summed E-state index contributed by atoms with van der Waals surface area (Å²) in [7, 11) is 1.25. The Morgan fingerprint density at radius 2 is 1.05 bits per heavy atom. The fourth-order valence-corrected chi connectivity index (χ4v) is 6.48. The number of carbonyl (C=O) groups excluding carboxylic acids is 1. The lowest BCUT2D eigenvalue weighted by Crippen LogP contribution is -2.46. The topological polar surface area (TPSA) is 108 Å². The van der Waals surface area contributed by atoms with Gasteiger partial charge in [0, 0.05) is 6.42 Å². The van der Waals surface area contributed by atoms with E-state index in [4.69, 9.17) is 9.05 Å². The van der Waals surface area contributed by atoms with Gasteiger partial charge in [0.25, 0.3) is 7.82 Å². The second kappa shape index (κ2) is 39.9. The number of allylic oxidation sites excluding steroid dienone is 16. The molecule has 0 aliphatic rings. The molecule has 9 heteroatoms. The van der Waals surface area contributed by atoms with E-state index in [9.17, 15) is 19.4 Å². The number of carbonyl (C=O) groups is 1. The van der Waals surface area contributed by atoms with E-state index in [0.717, 1.165) is 83.5 Å². The average Bonchev–Trinajstić information content (AvgIpc) is 3.17. The number of rotatable bonds is 39. The molecule has 0 aromatic heterocycles. The van der Waals surface area contributed by atoms with Crippen LogP contribution in [-0.2, 0) is 18.4 Å². The summed E-state index contributed by atoms with van der Waals surface area (Å²) >= 11 is 0. The first-order valence-electron chi connectivity index (χ1n) is 22.6. The van der Waals surface area contributed by atoms with E-state index in [1.165, 1.54) is 38.5 Å². The zero-order valence-corrected chi connectivity index (χ0v) is 38.3. The number of hydrogen-bond acceptors (Lipinski definition) is 6. The van der Waals surface area contributed by atoms with Crippen molar-refractivity contribution in [2.24, 2.45) is 0 Å². The summed E-state index contributed by atoms with van der Waals surface area (Å²) in [6, 6.07) is -0.828. The van der Waals surface area contributed by atoms with Crippen molar-refractivity contribution < 1.29 is 32.9 Å². The maximum absolute atomic E-state index is 12.8. The molecule has 0 saturated heterocycles. The highest BCUT2D eigenvalue weighted by molar-refractivity contribution is 7.45. The minimum absolute atomic E-state index is 0.00262. The lowest BCUT2D eigenvalue weighted by Gasteiger charge is -2.30. The van der Waals surface area contributed by atoms with Gasteiger partial charge in [-0.1, -0.05) is 169 Å². The van der Waals surface area contributed by atoms with Crippen molar-refractivity contribution in [3.8, 4) is 0 Å². The van der Waals surface area contributed by atoms with Gasteiger partial charge in [0.05, 0.1) is 39.9 Å². The average molecular weight is 829 g/mol. The Morgan fingerprint density at radius 1 is 0.621 bits per heavy atom. The molecule has 1 amide bonds. The van der Waals surface area contributed by atoms with Crippen LogP contribution in [0.3, 0.4) is 0 Å². The van der Waals surface area contributed by atoms with Crippen molar-refractivity contribution in [1.29, 1.82) is 0 Å². The molecule has 2 N–H and O–H groups in total. The summed E-state index contributed by atoms with van der Waals surface area (Å²) in [5.41, 5.74) is 0. The van der Waals surface area contributed by atoms with Gasteiger partial charge in [0.1, 0.15) is 13.2 Å². The number of aliphatic hydroxyl groups is 1. The molecule has 8 nitrogen and oxygen atoms in total. The van der Waals surface area contributed by atoms with Crippen molar-refractivity contribution >= 4 is 13.7 Å². The van der Waals surface area contributed by atoms with Crippen molar-refractivity contribution in [2.75, 3.05) is 40.9 Å². The quantitative estimate of drug-likeness (QED) is 0.0276. The minimum atomic E-state index is -4.58. The van der Waals surface area contributed by atoms with Crippen LogP contribution in [0.5, 0.6) is 0 Å². The first-order chi connectivity index (χ1) is 28.0. The maximum Gasteiger partial charge on any atom is 0.268 e. The van der Waals surface area contributed by atoms with Gasteiger partial charge in [-0.05, 0) is 77.0 Å². The van der Waals surface area contributed by atoms with Crippen LogP contribution in [0, 0.1) is 0 Å². The Hall–Kier alpha value is -2.58. The molecule has 0 aromatic carbocycles. The summed E-state index contributed by atoms with van der Waals surface area (Å²) < 4.78 is 23.2. The molecular weight excluding hydrogens is 744 g/mol. The van der Waals surface area contributed by atoms with Gasteiger partial charge in [0.2, 0.25) is 5.91 Å². The van der Waals surface area contributed by atoms with Crippen LogP contribution >= 0.6 is 7.82 Å². The van der Waals surface area contributed by atoms with E-state index < -0.39 is 20.0 Å². The van der Waals surface area contributed by atoms with Crippen molar-refractivity contribution in [2.45, 2.75) is 167 Å². The van der Waals surface area contributed by atoms with Crippen LogP contribution in [0.25, 0.3) is 0 Å². The van der Waals surface area contributed by atoms with Gasteiger partial charge in [0.15, 0.2) is 0 Å². The molecule has 332 valence electrons. The van der Waals surface area contributed by atoms with Crippen LogP contribution < -0.4 is 10.2 Å². The first kappa shape index (κ1) is 55.4. The molecule has 0 aliphatic carbocycles. The Kier molecular flexibility index (Phi) is 38.1. The fourth-order valence-electron chi connectivity index (χ4n) is 5.76. The van der Waals surface area contributed by atoms with E-state index in [1.807, 2.05) is 21.1 Å². The van der Waals surface area contributed by atoms with Gasteiger partial charge >= 0.3 is 0 Å². The predicted octanol–water partition coefficient (Wildman–Crippen LogP) is 12.1. The summed E-state index contributed by atoms with van der Waals surface area (Å²) in [4.78, 5) is 25.2. The molecule has 0 spiro atoms. The van der Waals surface area contributed by atoms with Crippen molar-refractivity contribution in [1.82, 2.24) is 5.32 Å². The summed E-state index contributed by atoms with van der Waals surface area (Å²) in [6.45, 7) is 4.51. The summed E-state index contributed by atoms with van der Waals surface area (Å²) in [6.07, 6.45) is 55.7. The van der Waals surface area contributed by atoms with Crippen LogP contribution in [-0.4, -0.2) is 68.5 Å². The molecule has 3 atom stereocenters. The van der Waals surface area contributed by atoms with E-state index in [0.29, 0.717) is 30.3 Å². The number of unbranched alkanes of at least 4 members (excludes halogenated alkanes) is 10. The minimum Gasteiger partial charge on any atom is -0.756 e. The standard InChI is InChI=1S/C49H85N2O6P/c1-6-8-10-12-14-16-17-18-19-20-21-22-23-24-25-26-27-28-29-30-31-32-33-35-37-39-41-43-49(53)50-47(46-57-58(54,55)56-45-44-51(3,4)5)48(52)42-40-38-36-34-15-13-11-9-7-2/h8,10,14,16,18-19,21-22,24-25,27-28,30-31,33,35,47-48,52H,6-7,9,11-13,15,17,20,23,26,29,32,34,36-46H2,1-5H3,(H-,50,53,54,55)/b10-8-,16-14-,19-18-,22-21-,25-24-,28-27-,31-30-,35-33-. The first-order valence-corrected chi connectivity index (χ1v) is 24.0. The van der Waals surface area contributed by atoms with Crippen LogP contribution in [0.15, 0.2) is 97.2 Å². The largest absolute Gasteiger partial charge is 0.756 e. The van der Waals surface area contributed by atoms with Gasteiger partial charge in [-0.25, -0.2) is 0 Å². The van der Waals surface area contributed by atoms with Crippen molar-refractivity contribution in [3.63, 3.8) is 0 Å². The zero-order chi connectivity index (χ0) is 42.8. The highest BCUT2D eigenvalue weighted by Gasteiger charge is 2.24. The Morgan fingerprint density at radius 3 is 1.50 bits per heavy atom. The smallest absolute Gasteiger partial charge is 0.268 e. The van der Waals surface area contributed by atoms with Gasteiger partial charge in [-0.3, -0.25) is 9.36 Å². The van der Waals surface area contributed by atoms with E-state index in [1.54, 1.807) is 0 Å². The van der Waals surface area contributed by atoms with E-state index >= 15 is 0 Å². The molecule has 0 saturated carbocycles. The number of likely N-dealkylation sites (N-methyl/N-ethyl adjacent to an activating group) is 1. The second-order valence-electron chi connectivity index (χ2n) is 16.0. The number of nitrogens with one attached hydrogen (secondary N) is 1. The number of hydrogen-bond donors (Lipinski definition) is 2. The molecule has 58 heavy (non-hydrogen) atoms. The molecule has 0 fully saturated rings. The predicted molar refractivity (Wildman–Crippen MR) is 246 cm³/mol. The summed E-state index contributed by atoms with van der Waals surface area (Å²) in [5.74, 6) is -0.215.